The molecule has 1 heterocycles. The highest BCUT2D eigenvalue weighted by molar-refractivity contribution is 6.30. The summed E-state index contributed by atoms with van der Waals surface area (Å²) < 4.78 is 5.57. The standard InChI is InChI=1S/C14H14ClN3O3/c1-17(14-13(18(19)20)3-2-8-16-14)9-10-21-12-6-4-11(15)5-7-12/h2-8H,9-10H2,1H3/p+1. The molecule has 1 N–H and O–H groups in total. The highest BCUT2D eigenvalue weighted by atomic mass is 35.5. The summed E-state index contributed by atoms with van der Waals surface area (Å²) in [7, 11) is 1.77. The first-order valence-corrected chi connectivity index (χ1v) is 6.70. The Bertz CT molecular complexity index is 619. The van der Waals surface area contributed by atoms with E-state index in [2.05, 4.69) is 4.98 Å². The number of nitrogens with one attached hydrogen (secondary N) is 1. The number of nitrogens with zero attached hydrogens (tertiary/aromatic N) is 2. The zero-order chi connectivity index (χ0) is 15.2. The van der Waals surface area contributed by atoms with E-state index in [0.29, 0.717) is 29.7 Å². The maximum absolute atomic E-state index is 11.0. The molecule has 21 heavy (non-hydrogen) atoms. The van der Waals surface area contributed by atoms with Crippen LogP contribution < -0.4 is 14.6 Å². The fourth-order valence-corrected chi connectivity index (χ4v) is 1.94. The van der Waals surface area contributed by atoms with Gasteiger partial charge in [-0.05, 0) is 30.3 Å². The molecule has 1 aromatic carbocycles. The third-order valence-corrected chi connectivity index (χ3v) is 3.15. The van der Waals surface area contributed by atoms with Gasteiger partial charge in [0.25, 0.3) is 0 Å². The van der Waals surface area contributed by atoms with Crippen LogP contribution in [0, 0.1) is 10.1 Å². The summed E-state index contributed by atoms with van der Waals surface area (Å²) in [6.07, 6.45) is 1.65. The summed E-state index contributed by atoms with van der Waals surface area (Å²) in [6, 6.07) is 10.1. The summed E-state index contributed by atoms with van der Waals surface area (Å²) in [4.78, 5) is 15.2. The minimum absolute atomic E-state index is 0.0338. The number of benzene rings is 1. The van der Waals surface area contributed by atoms with Gasteiger partial charge in [-0.25, -0.2) is 4.98 Å². The number of H-pyrrole nitrogens is 1. The van der Waals surface area contributed by atoms with Gasteiger partial charge in [-0.3, -0.25) is 15.0 Å². The summed E-state index contributed by atoms with van der Waals surface area (Å²) in [5.74, 6) is 1.15. The lowest BCUT2D eigenvalue weighted by Gasteiger charge is -2.11. The molecular formula is C14H15ClN3O3+. The number of pyridine rings is 1. The molecule has 6 nitrogen and oxygen atoms in total. The van der Waals surface area contributed by atoms with E-state index in [0.717, 1.165) is 0 Å². The van der Waals surface area contributed by atoms with Gasteiger partial charge < -0.3 is 4.74 Å². The molecule has 0 radical (unpaired) electrons. The van der Waals surface area contributed by atoms with Gasteiger partial charge in [0.15, 0.2) is 0 Å². The number of hydrogen-bond donors (Lipinski definition) is 0. The van der Waals surface area contributed by atoms with Gasteiger partial charge in [-0.15, -0.1) is 0 Å². The molecule has 0 fully saturated rings. The van der Waals surface area contributed by atoms with Crippen LogP contribution in [0.3, 0.4) is 0 Å². The number of rotatable bonds is 6. The van der Waals surface area contributed by atoms with Crippen LogP contribution in [0.4, 0.5) is 11.5 Å². The Balaban J connectivity index is 1.94. The normalized spacial score (nSPS) is 10.2. The number of halogens is 1. The first-order chi connectivity index (χ1) is 10.1. The van der Waals surface area contributed by atoms with Gasteiger partial charge >= 0.3 is 11.5 Å². The topological polar surface area (TPSA) is 69.8 Å². The van der Waals surface area contributed by atoms with Crippen molar-refractivity contribution in [1.82, 2.24) is 0 Å². The van der Waals surface area contributed by atoms with Gasteiger partial charge in [0, 0.05) is 11.1 Å². The Morgan fingerprint density at radius 3 is 2.71 bits per heavy atom. The van der Waals surface area contributed by atoms with Crippen LogP contribution in [-0.4, -0.2) is 25.1 Å². The Morgan fingerprint density at radius 1 is 1.33 bits per heavy atom. The highest BCUT2D eigenvalue weighted by Crippen LogP contribution is 2.21. The third kappa shape index (κ3) is 4.06. The molecule has 1 aromatic heterocycles. The van der Waals surface area contributed by atoms with Crippen molar-refractivity contribution in [2.45, 2.75) is 0 Å². The lowest BCUT2D eigenvalue weighted by molar-refractivity contribution is -0.411. The monoisotopic (exact) mass is 308 g/mol. The summed E-state index contributed by atoms with van der Waals surface area (Å²) in [6.45, 7) is 0.905. The summed E-state index contributed by atoms with van der Waals surface area (Å²) >= 11 is 5.79. The lowest BCUT2D eigenvalue weighted by atomic mass is 10.3. The van der Waals surface area contributed by atoms with Crippen molar-refractivity contribution in [2.24, 2.45) is 0 Å². The molecular weight excluding hydrogens is 294 g/mol. The van der Waals surface area contributed by atoms with E-state index >= 15 is 0 Å². The molecule has 0 bridgehead atoms. The van der Waals surface area contributed by atoms with Crippen molar-refractivity contribution >= 4 is 23.1 Å². The van der Waals surface area contributed by atoms with Crippen molar-refractivity contribution in [3.05, 3.63) is 57.7 Å². The second-order valence-electron chi connectivity index (χ2n) is 4.39. The first-order valence-electron chi connectivity index (χ1n) is 6.32. The van der Waals surface area contributed by atoms with Crippen LogP contribution in [0.15, 0.2) is 42.6 Å². The maximum atomic E-state index is 11.0. The quantitative estimate of drug-likeness (QED) is 0.607. The van der Waals surface area contributed by atoms with E-state index < -0.39 is 4.92 Å². The lowest BCUT2D eigenvalue weighted by Crippen LogP contribution is -2.29. The summed E-state index contributed by atoms with van der Waals surface area (Å²) in [5, 5.41) is 11.6. The number of hydrogen-bond acceptors (Lipinski definition) is 4. The molecule has 0 spiro atoms. The van der Waals surface area contributed by atoms with E-state index in [-0.39, 0.29) is 5.69 Å². The zero-order valence-electron chi connectivity index (χ0n) is 11.5. The van der Waals surface area contributed by atoms with Gasteiger partial charge in [0.1, 0.15) is 18.9 Å². The third-order valence-electron chi connectivity index (χ3n) is 2.90. The number of nitro groups is 1. The molecule has 0 aliphatic rings. The molecule has 7 heteroatoms. The Hall–Kier alpha value is -2.34. The number of aromatic nitrogens is 1. The minimum Gasteiger partial charge on any atom is -0.490 e. The maximum Gasteiger partial charge on any atom is 0.357 e. The molecule has 0 aliphatic carbocycles. The SMILES string of the molecule is CN(CCOc1ccc(Cl)cc1)c1[nH+]cccc1[N+](=O)[O-]. The largest absolute Gasteiger partial charge is 0.490 e. The van der Waals surface area contributed by atoms with Crippen LogP contribution in [0.1, 0.15) is 0 Å². The van der Waals surface area contributed by atoms with E-state index in [9.17, 15) is 10.1 Å². The van der Waals surface area contributed by atoms with Crippen LogP contribution in [0.2, 0.25) is 5.02 Å². The zero-order valence-corrected chi connectivity index (χ0v) is 12.2. The molecule has 2 rings (SSSR count). The van der Waals surface area contributed by atoms with Gasteiger partial charge in [0.05, 0.1) is 18.2 Å². The van der Waals surface area contributed by atoms with E-state index in [1.165, 1.54) is 6.07 Å². The number of ether oxygens (including phenoxy) is 1. The smallest absolute Gasteiger partial charge is 0.357 e. The molecule has 0 saturated carbocycles. The van der Waals surface area contributed by atoms with Crippen molar-refractivity contribution in [3.8, 4) is 5.75 Å². The summed E-state index contributed by atoms with van der Waals surface area (Å²) in [5.41, 5.74) is 0.0338. The average molecular weight is 309 g/mol. The number of anilines is 1. The van der Waals surface area contributed by atoms with Crippen molar-refractivity contribution < 1.29 is 14.6 Å². The molecule has 0 unspecified atom stereocenters. The fraction of sp³-hybridized carbons (Fsp3) is 0.214. The van der Waals surface area contributed by atoms with E-state index in [1.807, 2.05) is 0 Å². The predicted octanol–water partition coefficient (Wildman–Crippen LogP) is 2.58. The molecule has 110 valence electrons. The van der Waals surface area contributed by atoms with Crippen LogP contribution in [-0.2, 0) is 0 Å². The van der Waals surface area contributed by atoms with Crippen LogP contribution in [0.25, 0.3) is 0 Å². The van der Waals surface area contributed by atoms with Gasteiger partial charge in [-0.2, -0.15) is 0 Å². The van der Waals surface area contributed by atoms with Crippen molar-refractivity contribution in [1.29, 1.82) is 0 Å². The van der Waals surface area contributed by atoms with Crippen molar-refractivity contribution in [2.75, 3.05) is 25.1 Å². The van der Waals surface area contributed by atoms with Crippen molar-refractivity contribution in [3.63, 3.8) is 0 Å². The Labute approximate surface area is 127 Å². The first kappa shape index (κ1) is 15.1. The van der Waals surface area contributed by atoms with Gasteiger partial charge in [-0.1, -0.05) is 11.6 Å². The minimum atomic E-state index is -0.414. The molecule has 0 aliphatic heterocycles. The fourth-order valence-electron chi connectivity index (χ4n) is 1.82. The molecule has 0 amide bonds. The van der Waals surface area contributed by atoms with Gasteiger partial charge in [0.2, 0.25) is 0 Å². The van der Waals surface area contributed by atoms with E-state index in [1.54, 1.807) is 48.5 Å². The second kappa shape index (κ2) is 6.90. The molecule has 0 saturated heterocycles. The highest BCUT2D eigenvalue weighted by Gasteiger charge is 2.24. The Kier molecular flexibility index (Phi) is 4.94. The average Bonchev–Trinajstić information content (AvgIpc) is 2.49. The second-order valence-corrected chi connectivity index (χ2v) is 4.82. The predicted molar refractivity (Wildman–Crippen MR) is 79.9 cm³/mol. The molecule has 2 aromatic rings. The molecule has 0 atom stereocenters. The Morgan fingerprint density at radius 2 is 2.05 bits per heavy atom. The van der Waals surface area contributed by atoms with Crippen LogP contribution >= 0.6 is 11.6 Å². The number of aromatic amines is 1. The number of likely N-dealkylation sites (N-methyl/N-ethyl adjacent to an activating group) is 1. The van der Waals surface area contributed by atoms with E-state index in [4.69, 9.17) is 16.3 Å². The van der Waals surface area contributed by atoms with Crippen LogP contribution in [0.5, 0.6) is 5.75 Å².